The molecule has 1 amide bonds. The van der Waals surface area contributed by atoms with Gasteiger partial charge in [-0.3, -0.25) is 4.79 Å². The summed E-state index contributed by atoms with van der Waals surface area (Å²) in [5.74, 6) is 0.594. The van der Waals surface area contributed by atoms with Crippen LogP contribution in [0.25, 0.3) is 0 Å². The van der Waals surface area contributed by atoms with E-state index in [1.807, 2.05) is 30.3 Å². The van der Waals surface area contributed by atoms with Crippen molar-refractivity contribution in [1.82, 2.24) is 10.2 Å². The molecule has 0 fully saturated rings. The lowest BCUT2D eigenvalue weighted by atomic mass is 10.3. The molecule has 2 aromatic carbocycles. The van der Waals surface area contributed by atoms with Gasteiger partial charge >= 0.3 is 0 Å². The summed E-state index contributed by atoms with van der Waals surface area (Å²) in [7, 11) is 0. The molecular weight excluding hydrogens is 415 g/mol. The van der Waals surface area contributed by atoms with Crippen molar-refractivity contribution in [2.24, 2.45) is 0 Å². The molecule has 0 aliphatic carbocycles. The zero-order valence-electron chi connectivity index (χ0n) is 14.7. The normalized spacial score (nSPS) is 10.5. The molecule has 2 N–H and O–H groups in total. The highest BCUT2D eigenvalue weighted by Crippen LogP contribution is 2.29. The second-order valence-electron chi connectivity index (χ2n) is 5.44. The Morgan fingerprint density at radius 1 is 1.14 bits per heavy atom. The van der Waals surface area contributed by atoms with Crippen molar-refractivity contribution in [2.75, 3.05) is 22.1 Å². The van der Waals surface area contributed by atoms with Crippen LogP contribution in [-0.4, -0.2) is 27.6 Å². The van der Waals surface area contributed by atoms with E-state index >= 15 is 0 Å². The zero-order chi connectivity index (χ0) is 19.8. The van der Waals surface area contributed by atoms with Gasteiger partial charge in [-0.15, -0.1) is 28.5 Å². The summed E-state index contributed by atoms with van der Waals surface area (Å²) in [6.45, 7) is 3.72. The van der Waals surface area contributed by atoms with Gasteiger partial charge in [0.2, 0.25) is 11.0 Å². The maximum absolute atomic E-state index is 12.9. The number of nitrogens with one attached hydrogen (secondary N) is 2. The Bertz CT molecular complexity index is 946. The number of halogens is 1. The Balaban J connectivity index is 1.52. The Morgan fingerprint density at radius 2 is 1.93 bits per heavy atom. The van der Waals surface area contributed by atoms with Gasteiger partial charge in [0, 0.05) is 16.3 Å². The Hall–Kier alpha value is -2.36. The van der Waals surface area contributed by atoms with Crippen molar-refractivity contribution in [2.45, 2.75) is 9.24 Å². The lowest BCUT2D eigenvalue weighted by Crippen LogP contribution is -2.14. The first-order chi connectivity index (χ1) is 13.6. The number of aromatic nitrogens is 2. The summed E-state index contributed by atoms with van der Waals surface area (Å²) < 4.78 is 13.6. The smallest absolute Gasteiger partial charge is 0.234 e. The van der Waals surface area contributed by atoms with Gasteiger partial charge in [-0.25, -0.2) is 4.39 Å². The molecule has 0 radical (unpaired) electrons. The van der Waals surface area contributed by atoms with Gasteiger partial charge in [0.1, 0.15) is 5.82 Å². The second kappa shape index (κ2) is 10.3. The summed E-state index contributed by atoms with van der Waals surface area (Å²) in [6, 6.07) is 13.7. The van der Waals surface area contributed by atoms with Crippen molar-refractivity contribution < 1.29 is 9.18 Å². The minimum atomic E-state index is -0.297. The van der Waals surface area contributed by atoms with Crippen LogP contribution in [-0.2, 0) is 4.79 Å². The number of para-hydroxylation sites is 1. The summed E-state index contributed by atoms with van der Waals surface area (Å²) in [5.41, 5.74) is 1.51. The number of hydrogen-bond acceptors (Lipinski definition) is 7. The maximum Gasteiger partial charge on any atom is 0.234 e. The lowest BCUT2D eigenvalue weighted by molar-refractivity contribution is -0.113. The van der Waals surface area contributed by atoms with Crippen LogP contribution in [0.1, 0.15) is 0 Å². The van der Waals surface area contributed by atoms with Gasteiger partial charge in [0.15, 0.2) is 4.34 Å². The predicted molar refractivity (Wildman–Crippen MR) is 116 cm³/mol. The molecule has 3 aromatic rings. The van der Waals surface area contributed by atoms with Crippen LogP contribution >= 0.6 is 34.9 Å². The number of thioether (sulfide) groups is 2. The Labute approximate surface area is 174 Å². The first-order valence-electron chi connectivity index (χ1n) is 8.25. The van der Waals surface area contributed by atoms with E-state index in [-0.39, 0.29) is 17.5 Å². The van der Waals surface area contributed by atoms with Gasteiger partial charge in [0.25, 0.3) is 0 Å². The molecular formula is C19H17FN4OS3. The van der Waals surface area contributed by atoms with Crippen molar-refractivity contribution in [3.05, 3.63) is 67.0 Å². The van der Waals surface area contributed by atoms with Gasteiger partial charge in [-0.2, -0.15) is 0 Å². The maximum atomic E-state index is 12.9. The van der Waals surface area contributed by atoms with Crippen LogP contribution in [0.3, 0.4) is 0 Å². The van der Waals surface area contributed by atoms with Crippen LogP contribution in [0.5, 0.6) is 0 Å². The minimum absolute atomic E-state index is 0.111. The van der Waals surface area contributed by atoms with E-state index in [0.29, 0.717) is 9.47 Å². The van der Waals surface area contributed by atoms with Gasteiger partial charge < -0.3 is 10.6 Å². The number of amides is 1. The first kappa shape index (κ1) is 20.4. The fourth-order valence-corrected chi connectivity index (χ4v) is 4.45. The summed E-state index contributed by atoms with van der Waals surface area (Å²) in [4.78, 5) is 13.3. The average molecular weight is 433 g/mol. The molecule has 5 nitrogen and oxygen atoms in total. The first-order valence-corrected chi connectivity index (χ1v) is 11.0. The quantitative estimate of drug-likeness (QED) is 0.347. The number of carbonyl (C=O) groups is 1. The molecule has 0 saturated carbocycles. The van der Waals surface area contributed by atoms with Gasteiger partial charge in [0.05, 0.1) is 11.4 Å². The third-order valence-corrected chi connectivity index (χ3v) is 6.39. The van der Waals surface area contributed by atoms with E-state index in [0.717, 1.165) is 22.0 Å². The molecule has 0 aliphatic rings. The highest BCUT2D eigenvalue weighted by Gasteiger charge is 2.10. The standard InChI is InChI=1S/C19H17FN4OS3/c1-2-11-26-16-6-4-3-5-15(16)22-17(25)12-27-19-24-23-18(28-19)21-14-9-7-13(20)8-10-14/h2-10H,1,11-12H2,(H,21,23)(H,22,25). The average Bonchev–Trinajstić information content (AvgIpc) is 3.15. The number of carbonyl (C=O) groups excluding carboxylic acids is 1. The molecule has 0 spiro atoms. The van der Waals surface area contributed by atoms with E-state index in [1.165, 1.54) is 35.2 Å². The van der Waals surface area contributed by atoms with Crippen LogP contribution in [0, 0.1) is 5.82 Å². The number of hydrogen-bond donors (Lipinski definition) is 2. The van der Waals surface area contributed by atoms with E-state index in [2.05, 4.69) is 27.4 Å². The molecule has 0 saturated heterocycles. The molecule has 1 heterocycles. The molecule has 144 valence electrons. The van der Waals surface area contributed by atoms with E-state index in [9.17, 15) is 9.18 Å². The number of anilines is 3. The Kier molecular flexibility index (Phi) is 7.46. The third-order valence-electron chi connectivity index (χ3n) is 3.35. The van der Waals surface area contributed by atoms with Crippen molar-refractivity contribution in [3.63, 3.8) is 0 Å². The summed E-state index contributed by atoms with van der Waals surface area (Å²) in [5, 5.41) is 14.7. The summed E-state index contributed by atoms with van der Waals surface area (Å²) in [6.07, 6.45) is 1.83. The van der Waals surface area contributed by atoms with E-state index in [4.69, 9.17) is 0 Å². The molecule has 28 heavy (non-hydrogen) atoms. The fraction of sp³-hybridized carbons (Fsp3) is 0.105. The second-order valence-corrected chi connectivity index (χ2v) is 8.70. The molecule has 0 aliphatic heterocycles. The number of benzene rings is 2. The van der Waals surface area contributed by atoms with Gasteiger partial charge in [-0.1, -0.05) is 41.3 Å². The zero-order valence-corrected chi connectivity index (χ0v) is 17.2. The molecule has 3 rings (SSSR count). The fourth-order valence-electron chi connectivity index (χ4n) is 2.13. The number of nitrogens with zero attached hydrogens (tertiary/aromatic N) is 2. The van der Waals surface area contributed by atoms with Crippen LogP contribution in [0.4, 0.5) is 20.9 Å². The molecule has 0 bridgehead atoms. The molecule has 9 heteroatoms. The molecule has 1 aromatic heterocycles. The van der Waals surface area contributed by atoms with E-state index in [1.54, 1.807) is 23.9 Å². The monoisotopic (exact) mass is 432 g/mol. The van der Waals surface area contributed by atoms with Crippen LogP contribution < -0.4 is 10.6 Å². The largest absolute Gasteiger partial charge is 0.330 e. The highest BCUT2D eigenvalue weighted by molar-refractivity contribution is 8.01. The van der Waals surface area contributed by atoms with Crippen molar-refractivity contribution in [1.29, 1.82) is 0 Å². The van der Waals surface area contributed by atoms with Gasteiger partial charge in [-0.05, 0) is 36.4 Å². The van der Waals surface area contributed by atoms with Crippen LogP contribution in [0.15, 0.2) is 70.4 Å². The number of rotatable bonds is 9. The van der Waals surface area contributed by atoms with Crippen molar-refractivity contribution >= 4 is 57.3 Å². The summed E-state index contributed by atoms with van der Waals surface area (Å²) >= 11 is 4.27. The highest BCUT2D eigenvalue weighted by atomic mass is 32.2. The molecule has 0 unspecified atom stereocenters. The third kappa shape index (κ3) is 6.08. The van der Waals surface area contributed by atoms with Crippen molar-refractivity contribution in [3.8, 4) is 0 Å². The predicted octanol–water partition coefficient (Wildman–Crippen LogP) is 5.43. The topological polar surface area (TPSA) is 66.9 Å². The lowest BCUT2D eigenvalue weighted by Gasteiger charge is -2.09. The minimum Gasteiger partial charge on any atom is -0.330 e. The Morgan fingerprint density at radius 3 is 2.71 bits per heavy atom. The SMILES string of the molecule is C=CCSc1ccccc1NC(=O)CSc1nnc(Nc2ccc(F)cc2)s1. The van der Waals surface area contributed by atoms with E-state index < -0.39 is 0 Å². The molecule has 0 atom stereocenters. The van der Waals surface area contributed by atoms with Crippen LogP contribution in [0.2, 0.25) is 0 Å².